The summed E-state index contributed by atoms with van der Waals surface area (Å²) in [4.78, 5) is 15.8. The average molecular weight is 415 g/mol. The number of halogens is 3. The molecule has 30 heavy (non-hydrogen) atoms. The van der Waals surface area contributed by atoms with Gasteiger partial charge < -0.3 is 16.0 Å². The van der Waals surface area contributed by atoms with E-state index in [1.807, 2.05) is 37.0 Å². The molecule has 1 atom stereocenters. The van der Waals surface area contributed by atoms with Gasteiger partial charge in [-0.25, -0.2) is 4.58 Å². The Labute approximate surface area is 171 Å². The molecule has 1 aliphatic heterocycles. The molecule has 2 heterocycles. The molecule has 0 bridgehead atoms. The number of amides is 1. The van der Waals surface area contributed by atoms with Gasteiger partial charge in [0.05, 0.1) is 11.1 Å². The van der Waals surface area contributed by atoms with E-state index in [0.29, 0.717) is 11.9 Å². The van der Waals surface area contributed by atoms with E-state index in [2.05, 4.69) is 20.9 Å². The van der Waals surface area contributed by atoms with Gasteiger partial charge >= 0.3 is 6.18 Å². The van der Waals surface area contributed by atoms with Gasteiger partial charge in [-0.15, -0.1) is 0 Å². The second-order valence-corrected chi connectivity index (χ2v) is 6.70. The number of carbonyl (C=O) groups is 1. The van der Waals surface area contributed by atoms with E-state index >= 15 is 0 Å². The number of pyridine rings is 1. The minimum Gasteiger partial charge on any atom is -0.683 e. The fourth-order valence-electron chi connectivity index (χ4n) is 2.69. The van der Waals surface area contributed by atoms with E-state index < -0.39 is 17.6 Å². The Hall–Kier alpha value is -3.62. The van der Waals surface area contributed by atoms with Crippen LogP contribution >= 0.6 is 0 Å². The number of rotatable bonds is 7. The van der Waals surface area contributed by atoms with Crippen molar-refractivity contribution in [2.45, 2.75) is 19.1 Å². The standard InChI is InChI=1S/C21H20F3N5O/c1-14(26-6-7-27-19-12-29(2)13-19)15-4-3-5-18(9-15)28-20(30)16-8-17(11-25-10-16)21(22,23)24/h3-14,27H,1-2H3,(H,28,30). The first-order chi connectivity index (χ1) is 14.2. The van der Waals surface area contributed by atoms with Crippen LogP contribution in [-0.4, -0.2) is 28.7 Å². The third-order valence-corrected chi connectivity index (χ3v) is 4.27. The molecule has 1 unspecified atom stereocenters. The molecule has 1 amide bonds. The van der Waals surface area contributed by atoms with Gasteiger partial charge in [-0.1, -0.05) is 30.7 Å². The Bertz CT molecular complexity index is 1030. The largest absolute Gasteiger partial charge is 0.683 e. The van der Waals surface area contributed by atoms with Crippen molar-refractivity contribution in [2.24, 2.45) is 0 Å². The lowest BCUT2D eigenvalue weighted by atomic mass is 10.1. The molecule has 0 radical (unpaired) electrons. The monoisotopic (exact) mass is 415 g/mol. The molecular weight excluding hydrogens is 395 g/mol. The second-order valence-electron chi connectivity index (χ2n) is 6.70. The Morgan fingerprint density at radius 1 is 1.27 bits per heavy atom. The highest BCUT2D eigenvalue weighted by Gasteiger charge is 2.31. The van der Waals surface area contributed by atoms with Crippen LogP contribution in [0.2, 0.25) is 0 Å². The van der Waals surface area contributed by atoms with Gasteiger partial charge in [0.15, 0.2) is 18.1 Å². The number of hydrogen-bond donors (Lipinski definition) is 2. The maximum absolute atomic E-state index is 12.8. The Morgan fingerprint density at radius 2 is 2.03 bits per heavy atom. The molecule has 1 aromatic carbocycles. The lowest BCUT2D eigenvalue weighted by molar-refractivity contribution is -0.429. The number of aromatic nitrogens is 1. The van der Waals surface area contributed by atoms with Gasteiger partial charge in [0, 0.05) is 18.1 Å². The average Bonchev–Trinajstić information content (AvgIpc) is 2.69. The molecular formula is C21H20F3N5O. The zero-order valence-corrected chi connectivity index (χ0v) is 16.3. The van der Waals surface area contributed by atoms with Crippen LogP contribution in [0.25, 0.3) is 5.32 Å². The number of anilines is 1. The molecule has 1 aliphatic rings. The number of benzene rings is 1. The quantitative estimate of drug-likeness (QED) is 0.658. The summed E-state index contributed by atoms with van der Waals surface area (Å²) < 4.78 is 40.4. The predicted octanol–water partition coefficient (Wildman–Crippen LogP) is 4.42. The highest BCUT2D eigenvalue weighted by atomic mass is 19.4. The Kier molecular flexibility index (Phi) is 6.20. The molecule has 0 spiro atoms. The van der Waals surface area contributed by atoms with Crippen molar-refractivity contribution in [3.63, 3.8) is 0 Å². The summed E-state index contributed by atoms with van der Waals surface area (Å²) in [6.07, 6.45) is 4.44. The van der Waals surface area contributed by atoms with Crippen LogP contribution in [-0.2, 0) is 6.18 Å². The summed E-state index contributed by atoms with van der Waals surface area (Å²) in [6.45, 7) is 1.89. The van der Waals surface area contributed by atoms with E-state index in [0.717, 1.165) is 23.5 Å². The van der Waals surface area contributed by atoms with Crippen molar-refractivity contribution in [3.8, 4) is 0 Å². The highest BCUT2D eigenvalue weighted by molar-refractivity contribution is 6.04. The molecule has 0 saturated heterocycles. The van der Waals surface area contributed by atoms with E-state index in [1.54, 1.807) is 30.6 Å². The minimum absolute atomic E-state index is 0.172. The molecule has 1 aromatic heterocycles. The zero-order valence-electron chi connectivity index (χ0n) is 16.3. The van der Waals surface area contributed by atoms with Crippen LogP contribution in [0.4, 0.5) is 18.9 Å². The summed E-state index contributed by atoms with van der Waals surface area (Å²) in [5.41, 5.74) is 1.13. The molecule has 0 saturated carbocycles. The highest BCUT2D eigenvalue weighted by Crippen LogP contribution is 2.29. The Balaban J connectivity index is 1.60. The molecule has 9 heteroatoms. The van der Waals surface area contributed by atoms with Crippen LogP contribution in [0.15, 0.2) is 67.0 Å². The summed E-state index contributed by atoms with van der Waals surface area (Å²) in [6, 6.07) is 7.57. The molecule has 3 rings (SSSR count). The van der Waals surface area contributed by atoms with Gasteiger partial charge in [-0.3, -0.25) is 9.78 Å². The molecule has 0 fully saturated rings. The van der Waals surface area contributed by atoms with Crippen molar-refractivity contribution in [2.75, 3.05) is 12.4 Å². The van der Waals surface area contributed by atoms with Gasteiger partial charge in [0.2, 0.25) is 0 Å². The predicted molar refractivity (Wildman–Crippen MR) is 108 cm³/mol. The first kappa shape index (κ1) is 21.1. The van der Waals surface area contributed by atoms with E-state index in [1.165, 1.54) is 0 Å². The van der Waals surface area contributed by atoms with Crippen molar-refractivity contribution in [3.05, 3.63) is 89.0 Å². The first-order valence-corrected chi connectivity index (χ1v) is 9.06. The second kappa shape index (κ2) is 8.81. The molecule has 2 aromatic rings. The lowest BCUT2D eigenvalue weighted by Gasteiger charge is -2.26. The Morgan fingerprint density at radius 3 is 2.73 bits per heavy atom. The number of allylic oxidation sites excluding steroid dienone is 1. The van der Waals surface area contributed by atoms with Crippen LogP contribution < -0.4 is 10.6 Å². The van der Waals surface area contributed by atoms with E-state index in [4.69, 9.17) is 0 Å². The van der Waals surface area contributed by atoms with Gasteiger partial charge in [0.1, 0.15) is 7.05 Å². The molecule has 0 aliphatic carbocycles. The molecule has 2 N–H and O–H groups in total. The smallest absolute Gasteiger partial charge is 0.417 e. The number of alkyl halides is 3. The summed E-state index contributed by atoms with van der Waals surface area (Å²) in [7, 11) is 1.93. The van der Waals surface area contributed by atoms with Crippen molar-refractivity contribution in [1.82, 2.24) is 10.3 Å². The third-order valence-electron chi connectivity index (χ3n) is 4.27. The number of nitrogens with zero attached hydrogens (tertiary/aromatic N) is 3. The number of nitrogens with one attached hydrogen (secondary N) is 2. The van der Waals surface area contributed by atoms with Gasteiger partial charge in [-0.2, -0.15) is 19.4 Å². The normalized spacial score (nSPS) is 14.4. The molecule has 6 nitrogen and oxygen atoms in total. The van der Waals surface area contributed by atoms with E-state index in [9.17, 15) is 18.0 Å². The fraction of sp³-hybridized carbons (Fsp3) is 0.190. The first-order valence-electron chi connectivity index (χ1n) is 9.06. The molecule has 156 valence electrons. The topological polar surface area (TPSA) is 71.1 Å². The summed E-state index contributed by atoms with van der Waals surface area (Å²) >= 11 is 0. The summed E-state index contributed by atoms with van der Waals surface area (Å²) in [5.74, 6) is -0.672. The zero-order chi connectivity index (χ0) is 21.7. The fourth-order valence-corrected chi connectivity index (χ4v) is 2.69. The maximum Gasteiger partial charge on any atom is 0.417 e. The number of hydrogen-bond acceptors (Lipinski definition) is 3. The van der Waals surface area contributed by atoms with Crippen molar-refractivity contribution < 1.29 is 22.5 Å². The maximum atomic E-state index is 12.8. The SMILES string of the molecule is CC([N-]C=CNC1=C[N+](C)=C1)c1cccc(NC(=O)c2cncc(C(F)(F)F)c2)c1. The van der Waals surface area contributed by atoms with Crippen LogP contribution in [0.5, 0.6) is 0 Å². The van der Waals surface area contributed by atoms with Gasteiger partial charge in [-0.05, 0) is 24.4 Å². The summed E-state index contributed by atoms with van der Waals surface area (Å²) in [5, 5.41) is 10.1. The lowest BCUT2D eigenvalue weighted by Crippen LogP contribution is -2.21. The minimum atomic E-state index is -4.56. The third kappa shape index (κ3) is 5.47. The van der Waals surface area contributed by atoms with E-state index in [-0.39, 0.29) is 11.6 Å². The van der Waals surface area contributed by atoms with Crippen LogP contribution in [0, 0.1) is 0 Å². The van der Waals surface area contributed by atoms with Crippen LogP contribution in [0.1, 0.15) is 34.5 Å². The van der Waals surface area contributed by atoms with Crippen molar-refractivity contribution in [1.29, 1.82) is 0 Å². The number of carbonyl (C=O) groups excluding carboxylic acids is 1. The van der Waals surface area contributed by atoms with Crippen LogP contribution in [0.3, 0.4) is 0 Å². The van der Waals surface area contributed by atoms with Crippen molar-refractivity contribution >= 4 is 17.8 Å². The van der Waals surface area contributed by atoms with Gasteiger partial charge in [0.25, 0.3) is 5.91 Å².